The first-order chi connectivity index (χ1) is 9.10. The third-order valence-corrected chi connectivity index (χ3v) is 3.91. The molecule has 0 aliphatic heterocycles. The standard InChI is InChI=1S/C13H10ClIN2O2/c1-19-9-4-2-8(3-5-9)13(18)17-12-6-11(15)10(14)7-16-12/h2-7H,1H3,(H,16,17,18). The number of hydrogen-bond acceptors (Lipinski definition) is 3. The Morgan fingerprint density at radius 1 is 1.37 bits per heavy atom. The van der Waals surface area contributed by atoms with E-state index >= 15 is 0 Å². The van der Waals surface area contributed by atoms with Crippen molar-refractivity contribution in [3.63, 3.8) is 0 Å². The van der Waals surface area contributed by atoms with Gasteiger partial charge >= 0.3 is 0 Å². The molecule has 6 heteroatoms. The number of amides is 1. The molecule has 0 bridgehead atoms. The highest BCUT2D eigenvalue weighted by Gasteiger charge is 2.08. The summed E-state index contributed by atoms with van der Waals surface area (Å²) in [6.45, 7) is 0. The minimum atomic E-state index is -0.228. The Labute approximate surface area is 129 Å². The van der Waals surface area contributed by atoms with Crippen LogP contribution in [0, 0.1) is 3.57 Å². The number of anilines is 1. The van der Waals surface area contributed by atoms with Crippen molar-refractivity contribution in [1.82, 2.24) is 4.98 Å². The van der Waals surface area contributed by atoms with Crippen LogP contribution in [0.2, 0.25) is 5.02 Å². The van der Waals surface area contributed by atoms with Crippen molar-refractivity contribution in [2.45, 2.75) is 0 Å². The molecule has 1 amide bonds. The number of halogens is 2. The van der Waals surface area contributed by atoms with E-state index in [0.717, 1.165) is 3.57 Å². The first-order valence-corrected chi connectivity index (χ1v) is 6.82. The van der Waals surface area contributed by atoms with E-state index in [-0.39, 0.29) is 5.91 Å². The van der Waals surface area contributed by atoms with E-state index in [1.807, 2.05) is 0 Å². The maximum Gasteiger partial charge on any atom is 0.256 e. The highest BCUT2D eigenvalue weighted by Crippen LogP contribution is 2.20. The summed E-state index contributed by atoms with van der Waals surface area (Å²) < 4.78 is 5.87. The number of nitrogens with one attached hydrogen (secondary N) is 1. The van der Waals surface area contributed by atoms with Crippen molar-refractivity contribution in [3.8, 4) is 5.75 Å². The number of nitrogens with zero attached hydrogens (tertiary/aromatic N) is 1. The van der Waals surface area contributed by atoms with E-state index in [9.17, 15) is 4.79 Å². The van der Waals surface area contributed by atoms with Crippen molar-refractivity contribution in [3.05, 3.63) is 50.7 Å². The number of hydrogen-bond donors (Lipinski definition) is 1. The number of rotatable bonds is 3. The third kappa shape index (κ3) is 3.57. The molecule has 1 aromatic heterocycles. The molecule has 1 N–H and O–H groups in total. The predicted molar refractivity (Wildman–Crippen MR) is 82.9 cm³/mol. The predicted octanol–water partition coefficient (Wildman–Crippen LogP) is 3.60. The van der Waals surface area contributed by atoms with Crippen molar-refractivity contribution in [2.24, 2.45) is 0 Å². The molecule has 19 heavy (non-hydrogen) atoms. The summed E-state index contributed by atoms with van der Waals surface area (Å²) in [6.07, 6.45) is 1.51. The van der Waals surface area contributed by atoms with Gasteiger partial charge in [0.1, 0.15) is 11.6 Å². The van der Waals surface area contributed by atoms with Crippen molar-refractivity contribution >= 4 is 45.9 Å². The molecule has 1 heterocycles. The lowest BCUT2D eigenvalue weighted by atomic mass is 10.2. The van der Waals surface area contributed by atoms with Gasteiger partial charge in [0, 0.05) is 15.3 Å². The maximum atomic E-state index is 12.0. The summed E-state index contributed by atoms with van der Waals surface area (Å²) in [5, 5.41) is 3.27. The molecule has 2 rings (SSSR count). The number of ether oxygens (including phenoxy) is 1. The van der Waals surface area contributed by atoms with Gasteiger partial charge in [-0.1, -0.05) is 11.6 Å². The summed E-state index contributed by atoms with van der Waals surface area (Å²) in [4.78, 5) is 16.0. The van der Waals surface area contributed by atoms with Gasteiger partial charge in [0.05, 0.1) is 12.1 Å². The van der Waals surface area contributed by atoms with Gasteiger partial charge in [-0.15, -0.1) is 0 Å². The Bertz CT molecular complexity index is 602. The molecular weight excluding hydrogens is 379 g/mol. The van der Waals surface area contributed by atoms with E-state index in [2.05, 4.69) is 32.9 Å². The van der Waals surface area contributed by atoms with Gasteiger partial charge in [-0.25, -0.2) is 4.98 Å². The number of benzene rings is 1. The molecule has 4 nitrogen and oxygen atoms in total. The van der Waals surface area contributed by atoms with Crippen molar-refractivity contribution < 1.29 is 9.53 Å². The van der Waals surface area contributed by atoms with E-state index in [0.29, 0.717) is 22.2 Å². The number of methoxy groups -OCH3 is 1. The Morgan fingerprint density at radius 2 is 2.05 bits per heavy atom. The lowest BCUT2D eigenvalue weighted by molar-refractivity contribution is 0.102. The maximum absolute atomic E-state index is 12.0. The lowest BCUT2D eigenvalue weighted by Gasteiger charge is -2.06. The van der Waals surface area contributed by atoms with Crippen LogP contribution in [0.5, 0.6) is 5.75 Å². The van der Waals surface area contributed by atoms with Crippen LogP contribution < -0.4 is 10.1 Å². The van der Waals surface area contributed by atoms with Crippen LogP contribution in [0.25, 0.3) is 0 Å². The number of aromatic nitrogens is 1. The van der Waals surface area contributed by atoms with Gasteiger partial charge in [0.25, 0.3) is 5.91 Å². The van der Waals surface area contributed by atoms with Crippen LogP contribution in [-0.2, 0) is 0 Å². The van der Waals surface area contributed by atoms with Crippen LogP contribution in [0.3, 0.4) is 0 Å². The van der Waals surface area contributed by atoms with Crippen molar-refractivity contribution in [1.29, 1.82) is 0 Å². The lowest BCUT2D eigenvalue weighted by Crippen LogP contribution is -2.12. The van der Waals surface area contributed by atoms with Crippen LogP contribution in [0.15, 0.2) is 36.5 Å². The quantitative estimate of drug-likeness (QED) is 0.818. The Kier molecular flexibility index (Phi) is 4.60. The van der Waals surface area contributed by atoms with Crippen LogP contribution in [0.4, 0.5) is 5.82 Å². The Balaban J connectivity index is 2.13. The molecule has 0 spiro atoms. The Hall–Kier alpha value is -1.34. The van der Waals surface area contributed by atoms with Gasteiger partial charge < -0.3 is 10.1 Å². The molecule has 0 saturated heterocycles. The average molecular weight is 389 g/mol. The van der Waals surface area contributed by atoms with E-state index < -0.39 is 0 Å². The van der Waals surface area contributed by atoms with Gasteiger partial charge in [-0.05, 0) is 52.9 Å². The van der Waals surface area contributed by atoms with Crippen LogP contribution in [0.1, 0.15) is 10.4 Å². The third-order valence-electron chi connectivity index (χ3n) is 2.40. The summed E-state index contributed by atoms with van der Waals surface area (Å²) in [5.41, 5.74) is 0.535. The van der Waals surface area contributed by atoms with E-state index in [1.165, 1.54) is 6.20 Å². The van der Waals surface area contributed by atoms with Crippen LogP contribution in [-0.4, -0.2) is 18.0 Å². The molecule has 0 saturated carbocycles. The molecule has 0 aliphatic rings. The first kappa shape index (κ1) is 14.1. The summed E-state index contributed by atoms with van der Waals surface area (Å²) in [7, 11) is 1.58. The van der Waals surface area contributed by atoms with Gasteiger partial charge in [-0.2, -0.15) is 0 Å². The summed E-state index contributed by atoms with van der Waals surface area (Å²) in [5.74, 6) is 0.943. The molecule has 0 aliphatic carbocycles. The normalized spacial score (nSPS) is 10.1. The number of pyridine rings is 1. The van der Waals surface area contributed by atoms with Gasteiger partial charge in [-0.3, -0.25) is 4.79 Å². The molecule has 98 valence electrons. The number of carbonyl (C=O) groups excluding carboxylic acids is 1. The number of carbonyl (C=O) groups is 1. The largest absolute Gasteiger partial charge is 0.497 e. The zero-order valence-electron chi connectivity index (χ0n) is 9.98. The topological polar surface area (TPSA) is 51.2 Å². The second-order valence-corrected chi connectivity index (χ2v) is 5.24. The fraction of sp³-hybridized carbons (Fsp3) is 0.0769. The molecule has 0 radical (unpaired) electrons. The zero-order chi connectivity index (χ0) is 13.8. The molecule has 2 aromatic rings. The summed E-state index contributed by atoms with van der Waals surface area (Å²) >= 11 is 7.95. The average Bonchev–Trinajstić information content (AvgIpc) is 2.43. The van der Waals surface area contributed by atoms with Gasteiger partial charge in [0.15, 0.2) is 0 Å². The Morgan fingerprint density at radius 3 is 2.63 bits per heavy atom. The fourth-order valence-corrected chi connectivity index (χ4v) is 1.95. The SMILES string of the molecule is COc1ccc(C(=O)Nc2cc(I)c(Cl)cn2)cc1. The molecule has 0 fully saturated rings. The fourth-order valence-electron chi connectivity index (χ4n) is 1.41. The highest BCUT2D eigenvalue weighted by molar-refractivity contribution is 14.1. The zero-order valence-corrected chi connectivity index (χ0v) is 12.9. The second-order valence-electron chi connectivity index (χ2n) is 3.67. The van der Waals surface area contributed by atoms with E-state index in [4.69, 9.17) is 16.3 Å². The van der Waals surface area contributed by atoms with Crippen molar-refractivity contribution in [2.75, 3.05) is 12.4 Å². The molecule has 0 unspecified atom stereocenters. The molecule has 0 atom stereocenters. The minimum Gasteiger partial charge on any atom is -0.497 e. The van der Waals surface area contributed by atoms with Crippen LogP contribution >= 0.6 is 34.2 Å². The molecule has 1 aromatic carbocycles. The minimum absolute atomic E-state index is 0.228. The molecular formula is C13H10ClIN2O2. The first-order valence-electron chi connectivity index (χ1n) is 5.36. The van der Waals surface area contributed by atoms with E-state index in [1.54, 1.807) is 37.4 Å². The second kappa shape index (κ2) is 6.21. The van der Waals surface area contributed by atoms with Gasteiger partial charge in [0.2, 0.25) is 0 Å². The monoisotopic (exact) mass is 388 g/mol. The highest BCUT2D eigenvalue weighted by atomic mass is 127. The summed E-state index contributed by atoms with van der Waals surface area (Å²) in [6, 6.07) is 8.55. The smallest absolute Gasteiger partial charge is 0.256 e.